The minimum atomic E-state index is 0.479. The molecule has 0 unspecified atom stereocenters. The molecule has 1 rings (SSSR count). The van der Waals surface area contributed by atoms with E-state index in [0.717, 1.165) is 16.3 Å². The Morgan fingerprint density at radius 2 is 2.36 bits per heavy atom. The zero-order valence-electron chi connectivity index (χ0n) is 7.07. The highest BCUT2D eigenvalue weighted by Crippen LogP contribution is 2.05. The molecule has 0 fully saturated rings. The lowest BCUT2D eigenvalue weighted by atomic mass is 10.3. The maximum absolute atomic E-state index is 8.92. The normalized spacial score (nSPS) is 11.0. The quantitative estimate of drug-likeness (QED) is 0.634. The van der Waals surface area contributed by atoms with E-state index >= 15 is 0 Å². The number of aryl methyl sites for hydroxylation is 2. The number of aromatic nitrogens is 2. The standard InChI is InChI=1S/C7H13N3O/c1-6-4-9(2)8-7(6)5-10(3)11/h4,11H,5H2,1-3H3. The summed E-state index contributed by atoms with van der Waals surface area (Å²) in [6.45, 7) is 2.46. The zero-order valence-corrected chi connectivity index (χ0v) is 7.07. The van der Waals surface area contributed by atoms with Crippen LogP contribution >= 0.6 is 0 Å². The second kappa shape index (κ2) is 3.02. The predicted molar refractivity (Wildman–Crippen MR) is 41.2 cm³/mol. The van der Waals surface area contributed by atoms with Gasteiger partial charge in [0.1, 0.15) is 0 Å². The third-order valence-electron chi connectivity index (χ3n) is 1.49. The fourth-order valence-corrected chi connectivity index (χ4v) is 1.03. The molecule has 62 valence electrons. The lowest BCUT2D eigenvalue weighted by Crippen LogP contribution is -2.12. The van der Waals surface area contributed by atoms with Gasteiger partial charge in [0.25, 0.3) is 0 Å². The van der Waals surface area contributed by atoms with Crippen molar-refractivity contribution in [3.05, 3.63) is 17.5 Å². The summed E-state index contributed by atoms with van der Waals surface area (Å²) >= 11 is 0. The van der Waals surface area contributed by atoms with Gasteiger partial charge in [0.05, 0.1) is 12.2 Å². The molecule has 0 aliphatic heterocycles. The minimum absolute atomic E-state index is 0.479. The molecule has 0 amide bonds. The van der Waals surface area contributed by atoms with E-state index in [1.54, 1.807) is 11.7 Å². The van der Waals surface area contributed by atoms with E-state index in [1.807, 2.05) is 20.2 Å². The first-order chi connectivity index (χ1) is 5.09. The van der Waals surface area contributed by atoms with E-state index in [0.29, 0.717) is 6.54 Å². The first-order valence-electron chi connectivity index (χ1n) is 3.48. The third-order valence-corrected chi connectivity index (χ3v) is 1.49. The summed E-state index contributed by atoms with van der Waals surface area (Å²) in [6, 6.07) is 0. The molecule has 1 aromatic rings. The van der Waals surface area contributed by atoms with Gasteiger partial charge in [0.15, 0.2) is 0 Å². The van der Waals surface area contributed by atoms with Gasteiger partial charge in [-0.05, 0) is 12.5 Å². The first-order valence-corrected chi connectivity index (χ1v) is 3.48. The Morgan fingerprint density at radius 1 is 1.73 bits per heavy atom. The van der Waals surface area contributed by atoms with Crippen molar-refractivity contribution >= 4 is 0 Å². The Kier molecular flexibility index (Phi) is 2.26. The van der Waals surface area contributed by atoms with Gasteiger partial charge in [-0.1, -0.05) is 0 Å². The van der Waals surface area contributed by atoms with Crippen LogP contribution in [0.15, 0.2) is 6.20 Å². The second-order valence-electron chi connectivity index (χ2n) is 2.75. The molecule has 0 saturated heterocycles. The van der Waals surface area contributed by atoms with Crippen LogP contribution in [-0.2, 0) is 13.6 Å². The Bertz CT molecular complexity index is 242. The lowest BCUT2D eigenvalue weighted by Gasteiger charge is -2.04. The second-order valence-corrected chi connectivity index (χ2v) is 2.75. The predicted octanol–water partition coefficient (Wildman–Crippen LogP) is 0.550. The Labute approximate surface area is 66.0 Å². The van der Waals surface area contributed by atoms with E-state index in [-0.39, 0.29) is 0 Å². The largest absolute Gasteiger partial charge is 0.314 e. The van der Waals surface area contributed by atoms with Crippen LogP contribution in [0.5, 0.6) is 0 Å². The Hall–Kier alpha value is -0.870. The molecule has 0 aliphatic rings. The monoisotopic (exact) mass is 155 g/mol. The average Bonchev–Trinajstić information content (AvgIpc) is 2.09. The summed E-state index contributed by atoms with van der Waals surface area (Å²) in [5.74, 6) is 0. The van der Waals surface area contributed by atoms with Gasteiger partial charge in [0.2, 0.25) is 0 Å². The molecule has 1 heterocycles. The number of nitrogens with zero attached hydrogens (tertiary/aromatic N) is 3. The van der Waals surface area contributed by atoms with Gasteiger partial charge >= 0.3 is 0 Å². The fraction of sp³-hybridized carbons (Fsp3) is 0.571. The molecule has 1 N–H and O–H groups in total. The number of hydrogen-bond donors (Lipinski definition) is 1. The van der Waals surface area contributed by atoms with Crippen molar-refractivity contribution < 1.29 is 5.21 Å². The molecule has 11 heavy (non-hydrogen) atoms. The van der Waals surface area contributed by atoms with Crippen molar-refractivity contribution in [3.8, 4) is 0 Å². The molecule has 0 aromatic carbocycles. The smallest absolute Gasteiger partial charge is 0.0817 e. The van der Waals surface area contributed by atoms with Crippen LogP contribution in [0.1, 0.15) is 11.3 Å². The van der Waals surface area contributed by atoms with Crippen LogP contribution in [0.4, 0.5) is 0 Å². The summed E-state index contributed by atoms with van der Waals surface area (Å²) in [5.41, 5.74) is 2.02. The van der Waals surface area contributed by atoms with Gasteiger partial charge in [-0.3, -0.25) is 4.68 Å². The first kappa shape index (κ1) is 8.23. The molecule has 1 aromatic heterocycles. The highest BCUT2D eigenvalue weighted by Gasteiger charge is 2.03. The molecule has 0 atom stereocenters. The molecule has 4 heteroatoms. The molecule has 4 nitrogen and oxygen atoms in total. The SMILES string of the molecule is Cc1cn(C)nc1CN(C)O. The van der Waals surface area contributed by atoms with Gasteiger partial charge < -0.3 is 5.21 Å². The van der Waals surface area contributed by atoms with Gasteiger partial charge in [-0.2, -0.15) is 10.2 Å². The van der Waals surface area contributed by atoms with Crippen LogP contribution in [-0.4, -0.2) is 27.1 Å². The summed E-state index contributed by atoms with van der Waals surface area (Å²) in [5, 5.41) is 14.2. The number of hydrogen-bond acceptors (Lipinski definition) is 3. The van der Waals surface area contributed by atoms with E-state index in [4.69, 9.17) is 5.21 Å². The molecular weight excluding hydrogens is 142 g/mol. The van der Waals surface area contributed by atoms with Crippen molar-refractivity contribution in [1.29, 1.82) is 0 Å². The van der Waals surface area contributed by atoms with Gasteiger partial charge in [-0.25, -0.2) is 0 Å². The Morgan fingerprint density at radius 3 is 2.73 bits per heavy atom. The van der Waals surface area contributed by atoms with Gasteiger partial charge in [-0.15, -0.1) is 0 Å². The van der Waals surface area contributed by atoms with E-state index in [9.17, 15) is 0 Å². The van der Waals surface area contributed by atoms with Crippen LogP contribution in [0.3, 0.4) is 0 Å². The number of hydroxylamine groups is 2. The Balaban J connectivity index is 2.77. The highest BCUT2D eigenvalue weighted by molar-refractivity contribution is 5.13. The van der Waals surface area contributed by atoms with E-state index in [1.165, 1.54) is 0 Å². The van der Waals surface area contributed by atoms with Crippen molar-refractivity contribution in [2.75, 3.05) is 7.05 Å². The highest BCUT2D eigenvalue weighted by atomic mass is 16.5. The fourth-order valence-electron chi connectivity index (χ4n) is 1.03. The molecule has 0 aliphatic carbocycles. The third kappa shape index (κ3) is 2.03. The summed E-state index contributed by atoms with van der Waals surface area (Å²) < 4.78 is 1.74. The van der Waals surface area contributed by atoms with Crippen LogP contribution in [0, 0.1) is 6.92 Å². The van der Waals surface area contributed by atoms with Crippen molar-refractivity contribution in [1.82, 2.24) is 14.8 Å². The maximum Gasteiger partial charge on any atom is 0.0817 e. The molecule has 0 bridgehead atoms. The van der Waals surface area contributed by atoms with Crippen LogP contribution in [0.25, 0.3) is 0 Å². The van der Waals surface area contributed by atoms with E-state index < -0.39 is 0 Å². The molecule has 0 saturated carbocycles. The summed E-state index contributed by atoms with van der Waals surface area (Å²) in [4.78, 5) is 0. The maximum atomic E-state index is 8.92. The van der Waals surface area contributed by atoms with Crippen molar-refractivity contribution in [3.63, 3.8) is 0 Å². The van der Waals surface area contributed by atoms with Crippen LogP contribution in [0.2, 0.25) is 0 Å². The topological polar surface area (TPSA) is 41.3 Å². The summed E-state index contributed by atoms with van der Waals surface area (Å²) in [7, 11) is 3.47. The summed E-state index contributed by atoms with van der Waals surface area (Å²) in [6.07, 6.45) is 1.93. The van der Waals surface area contributed by atoms with Crippen molar-refractivity contribution in [2.24, 2.45) is 7.05 Å². The lowest BCUT2D eigenvalue weighted by molar-refractivity contribution is -0.0742. The molecule has 0 radical (unpaired) electrons. The van der Waals surface area contributed by atoms with Gasteiger partial charge in [0, 0.05) is 20.3 Å². The minimum Gasteiger partial charge on any atom is -0.314 e. The molecular formula is C7H13N3O. The van der Waals surface area contributed by atoms with Crippen LogP contribution < -0.4 is 0 Å². The average molecular weight is 155 g/mol. The zero-order chi connectivity index (χ0) is 8.43. The van der Waals surface area contributed by atoms with Crippen molar-refractivity contribution in [2.45, 2.75) is 13.5 Å². The van der Waals surface area contributed by atoms with E-state index in [2.05, 4.69) is 5.10 Å². The number of rotatable bonds is 2. The molecule has 0 spiro atoms.